The molecule has 0 saturated carbocycles. The normalized spacial score (nSPS) is 13.3. The molecule has 0 aliphatic carbocycles. The number of ether oxygens (including phenoxy) is 1. The number of carbonyl (C=O) groups is 1. The van der Waals surface area contributed by atoms with Gasteiger partial charge in [0.1, 0.15) is 12.1 Å². The molecule has 0 unspecified atom stereocenters. The average Bonchev–Trinajstić information content (AvgIpc) is 3.55. The van der Waals surface area contributed by atoms with Crippen molar-refractivity contribution in [1.82, 2.24) is 14.8 Å². The number of carbonyl (C=O) groups excluding carboxylic acids is 1. The molecule has 2 N–H and O–H groups in total. The minimum atomic E-state index is -4.72. The van der Waals surface area contributed by atoms with E-state index in [1.54, 1.807) is 24.3 Å². The molecule has 1 aliphatic heterocycles. The topological polar surface area (TPSA) is 108 Å². The maximum absolute atomic E-state index is 12.1. The van der Waals surface area contributed by atoms with Crippen LogP contribution in [0.25, 0.3) is 17.1 Å². The number of para-hydroxylation sites is 1. The molecule has 0 atom stereocenters. The van der Waals surface area contributed by atoms with Crippen molar-refractivity contribution in [2.75, 3.05) is 10.7 Å². The first kappa shape index (κ1) is 28.6. The number of hydrogen-bond acceptors (Lipinski definition) is 7. The summed E-state index contributed by atoms with van der Waals surface area (Å²) in [5.41, 5.74) is 4.06. The predicted octanol–water partition coefficient (Wildman–Crippen LogP) is 6.66. The van der Waals surface area contributed by atoms with E-state index in [0.29, 0.717) is 28.4 Å². The summed E-state index contributed by atoms with van der Waals surface area (Å²) in [6.45, 7) is 4.19. The Balaban J connectivity index is 0.000000201. The lowest BCUT2D eigenvalue weighted by atomic mass is 10.0. The van der Waals surface area contributed by atoms with Crippen molar-refractivity contribution >= 4 is 34.7 Å². The molecule has 1 fully saturated rings. The van der Waals surface area contributed by atoms with E-state index < -0.39 is 6.36 Å². The molecule has 1 aliphatic rings. The van der Waals surface area contributed by atoms with Gasteiger partial charge in [-0.3, -0.25) is 15.1 Å². The molecular formula is C28H25F3N6O2S. The highest BCUT2D eigenvalue weighted by Gasteiger charge is 2.31. The molecule has 0 radical (unpaired) electrons. The lowest BCUT2D eigenvalue weighted by Crippen LogP contribution is -2.29. The lowest BCUT2D eigenvalue weighted by Gasteiger charge is -2.20. The summed E-state index contributed by atoms with van der Waals surface area (Å²) in [5, 5.41) is 19.6. The van der Waals surface area contributed by atoms with Gasteiger partial charge in [0.05, 0.1) is 17.1 Å². The van der Waals surface area contributed by atoms with Crippen LogP contribution in [-0.4, -0.2) is 44.2 Å². The van der Waals surface area contributed by atoms with Crippen LogP contribution in [0.2, 0.25) is 0 Å². The first-order chi connectivity index (χ1) is 19.1. The van der Waals surface area contributed by atoms with Gasteiger partial charge in [0, 0.05) is 11.8 Å². The summed E-state index contributed by atoms with van der Waals surface area (Å²) in [7, 11) is 0. The number of nitrogens with zero attached hydrogens (tertiary/aromatic N) is 4. The zero-order valence-electron chi connectivity index (χ0n) is 21.5. The van der Waals surface area contributed by atoms with Gasteiger partial charge in [-0.1, -0.05) is 68.1 Å². The molecular weight excluding hydrogens is 541 g/mol. The van der Waals surface area contributed by atoms with Crippen LogP contribution in [0.15, 0.2) is 79.1 Å². The second kappa shape index (κ2) is 12.2. The Morgan fingerprint density at radius 2 is 1.70 bits per heavy atom. The number of halogens is 3. The molecule has 40 heavy (non-hydrogen) atoms. The second-order valence-corrected chi connectivity index (χ2v) is 9.82. The molecule has 0 bridgehead atoms. The second-order valence-electron chi connectivity index (χ2n) is 8.86. The van der Waals surface area contributed by atoms with Gasteiger partial charge in [-0.25, -0.2) is 9.67 Å². The van der Waals surface area contributed by atoms with E-state index >= 15 is 0 Å². The number of alkyl halides is 3. The zero-order chi connectivity index (χ0) is 28.9. The largest absolute Gasteiger partial charge is 0.573 e. The van der Waals surface area contributed by atoms with E-state index in [2.05, 4.69) is 28.7 Å². The van der Waals surface area contributed by atoms with Gasteiger partial charge in [-0.2, -0.15) is 0 Å². The van der Waals surface area contributed by atoms with Gasteiger partial charge in [0.2, 0.25) is 5.91 Å². The number of nitrogens with one attached hydrogen (secondary N) is 2. The minimum absolute atomic E-state index is 0.00287. The molecule has 4 aromatic rings. The molecule has 12 heteroatoms. The molecule has 3 aromatic carbocycles. The zero-order valence-corrected chi connectivity index (χ0v) is 22.3. The molecule has 1 aromatic heterocycles. The van der Waals surface area contributed by atoms with E-state index in [0.717, 1.165) is 22.4 Å². The predicted molar refractivity (Wildman–Crippen MR) is 150 cm³/mol. The van der Waals surface area contributed by atoms with Gasteiger partial charge in [-0.05, 0) is 47.4 Å². The van der Waals surface area contributed by atoms with Gasteiger partial charge < -0.3 is 10.1 Å². The van der Waals surface area contributed by atoms with Crippen LogP contribution in [0, 0.1) is 10.8 Å². The summed E-state index contributed by atoms with van der Waals surface area (Å²) in [5.74, 6) is 0.909. The van der Waals surface area contributed by atoms with Crippen LogP contribution >= 0.6 is 11.8 Å². The van der Waals surface area contributed by atoms with Crippen molar-refractivity contribution in [3.8, 4) is 22.8 Å². The Kier molecular flexibility index (Phi) is 8.68. The summed E-state index contributed by atoms with van der Waals surface area (Å²) in [6, 6.07) is 20.3. The van der Waals surface area contributed by atoms with Gasteiger partial charge >= 0.3 is 6.36 Å². The standard InChI is InChI=1S/C16H11F3N4O.C12H14N2OS/c17-16(18,19)24-14-7-5-13(6-8-14)23-10-21-15(22-23)12-3-1-11(9-20)2-4-12;1-8(2)9-5-3-4-6-10(9)14-11(15)7-16-12(14)13/h1-10,20H;3-6,8,13H,7H2,1-2H3. The monoisotopic (exact) mass is 566 g/mol. The van der Waals surface area contributed by atoms with Gasteiger partial charge in [0.15, 0.2) is 11.0 Å². The highest BCUT2D eigenvalue weighted by molar-refractivity contribution is 8.15. The maximum atomic E-state index is 12.1. The molecule has 206 valence electrons. The molecule has 1 saturated heterocycles. The Bertz CT molecular complexity index is 1490. The molecule has 8 nitrogen and oxygen atoms in total. The number of thioether (sulfide) groups is 1. The number of anilines is 1. The fourth-order valence-corrected chi connectivity index (χ4v) is 4.56. The Hall–Kier alpha value is -4.45. The van der Waals surface area contributed by atoms with Crippen LogP contribution in [0.5, 0.6) is 5.75 Å². The summed E-state index contributed by atoms with van der Waals surface area (Å²) in [6.07, 6.45) is -2.01. The number of benzene rings is 3. The first-order valence-corrected chi connectivity index (χ1v) is 13.1. The van der Waals surface area contributed by atoms with Crippen molar-refractivity contribution in [2.45, 2.75) is 26.1 Å². The molecule has 2 heterocycles. The van der Waals surface area contributed by atoms with Gasteiger partial charge in [-0.15, -0.1) is 18.3 Å². The van der Waals surface area contributed by atoms with E-state index in [1.165, 1.54) is 58.2 Å². The van der Waals surface area contributed by atoms with Crippen LogP contribution in [0.4, 0.5) is 18.9 Å². The smallest absolute Gasteiger partial charge is 0.406 e. The van der Waals surface area contributed by atoms with E-state index in [-0.39, 0.29) is 11.7 Å². The van der Waals surface area contributed by atoms with E-state index in [9.17, 15) is 18.0 Å². The number of amidine groups is 1. The number of amides is 1. The summed E-state index contributed by atoms with van der Waals surface area (Å²) < 4.78 is 41.7. The highest BCUT2D eigenvalue weighted by Crippen LogP contribution is 2.32. The van der Waals surface area contributed by atoms with Crippen LogP contribution in [-0.2, 0) is 4.79 Å². The minimum Gasteiger partial charge on any atom is -0.406 e. The van der Waals surface area contributed by atoms with Crippen molar-refractivity contribution in [1.29, 1.82) is 10.8 Å². The van der Waals surface area contributed by atoms with Crippen LogP contribution in [0.3, 0.4) is 0 Å². The highest BCUT2D eigenvalue weighted by atomic mass is 32.2. The van der Waals surface area contributed by atoms with Crippen molar-refractivity contribution in [3.63, 3.8) is 0 Å². The van der Waals surface area contributed by atoms with Crippen molar-refractivity contribution in [2.24, 2.45) is 0 Å². The molecule has 5 rings (SSSR count). The number of hydrogen-bond donors (Lipinski definition) is 2. The van der Waals surface area contributed by atoms with Crippen LogP contribution in [0.1, 0.15) is 30.9 Å². The van der Waals surface area contributed by atoms with Crippen molar-refractivity contribution in [3.05, 3.63) is 90.3 Å². The fraction of sp³-hybridized carbons (Fsp3) is 0.179. The Morgan fingerprint density at radius 1 is 1.02 bits per heavy atom. The summed E-state index contributed by atoms with van der Waals surface area (Å²) >= 11 is 1.29. The van der Waals surface area contributed by atoms with E-state index in [4.69, 9.17) is 10.8 Å². The Labute approximate surface area is 232 Å². The average molecular weight is 567 g/mol. The summed E-state index contributed by atoms with van der Waals surface area (Å²) in [4.78, 5) is 17.4. The fourth-order valence-electron chi connectivity index (χ4n) is 3.84. The first-order valence-electron chi connectivity index (χ1n) is 12.1. The SMILES string of the molecule is CC(C)c1ccccc1N1C(=N)SCC1=O.N=Cc1ccc(-c2ncn(-c3ccc(OC(F)(F)F)cc3)n2)cc1. The maximum Gasteiger partial charge on any atom is 0.573 e. The molecule has 0 spiro atoms. The third-order valence-electron chi connectivity index (χ3n) is 5.75. The van der Waals surface area contributed by atoms with E-state index in [1.807, 2.05) is 24.3 Å². The lowest BCUT2D eigenvalue weighted by molar-refractivity contribution is -0.274. The number of aromatic nitrogens is 3. The number of rotatable bonds is 6. The molecule has 1 amide bonds. The Morgan fingerprint density at radius 3 is 2.27 bits per heavy atom. The van der Waals surface area contributed by atoms with Crippen molar-refractivity contribution < 1.29 is 22.7 Å². The van der Waals surface area contributed by atoms with Gasteiger partial charge in [0.25, 0.3) is 0 Å². The third kappa shape index (κ3) is 6.94. The van der Waals surface area contributed by atoms with Crippen LogP contribution < -0.4 is 9.64 Å². The third-order valence-corrected chi connectivity index (χ3v) is 6.59. The quantitative estimate of drug-likeness (QED) is 0.254.